The number of nitrogens with one attached hydrogen (secondary N) is 1. The Morgan fingerprint density at radius 2 is 2.11 bits per heavy atom. The second-order valence-corrected chi connectivity index (χ2v) is 6.74. The first-order valence-electron chi connectivity index (χ1n) is 6.90. The van der Waals surface area contributed by atoms with E-state index in [0.717, 1.165) is 42.8 Å². The number of amides is 1. The summed E-state index contributed by atoms with van der Waals surface area (Å²) < 4.78 is 0. The van der Waals surface area contributed by atoms with Crippen molar-refractivity contribution in [1.82, 2.24) is 10.3 Å². The summed E-state index contributed by atoms with van der Waals surface area (Å²) in [5, 5.41) is 14.1. The van der Waals surface area contributed by atoms with Gasteiger partial charge in [-0.1, -0.05) is 12.8 Å². The molecule has 0 saturated heterocycles. The predicted octanol–water partition coefficient (Wildman–Crippen LogP) is 2.11. The third kappa shape index (κ3) is 4.01. The lowest BCUT2D eigenvalue weighted by atomic mass is 9.98. The summed E-state index contributed by atoms with van der Waals surface area (Å²) in [5.41, 5.74) is 0.312. The van der Waals surface area contributed by atoms with Crippen LogP contribution in [0.1, 0.15) is 47.7 Å². The average Bonchev–Trinajstić information content (AvgIpc) is 2.86. The molecule has 0 unspecified atom stereocenters. The molecule has 0 aromatic carbocycles. The van der Waals surface area contributed by atoms with Gasteiger partial charge in [0, 0.05) is 17.8 Å². The molecular formula is C14H22N2O2S. The van der Waals surface area contributed by atoms with Crippen molar-refractivity contribution in [1.29, 1.82) is 0 Å². The van der Waals surface area contributed by atoms with E-state index in [1.807, 2.05) is 13.8 Å². The van der Waals surface area contributed by atoms with Crippen molar-refractivity contribution in [3.05, 3.63) is 15.6 Å². The highest BCUT2D eigenvalue weighted by atomic mass is 32.1. The summed E-state index contributed by atoms with van der Waals surface area (Å²) in [6.45, 7) is 4.62. The Bertz CT molecular complexity index is 450. The summed E-state index contributed by atoms with van der Waals surface area (Å²) in [6, 6.07) is 0. The van der Waals surface area contributed by atoms with Crippen molar-refractivity contribution in [3.63, 3.8) is 0 Å². The maximum Gasteiger partial charge on any atom is 0.222 e. The van der Waals surface area contributed by atoms with E-state index in [4.69, 9.17) is 0 Å². The largest absolute Gasteiger partial charge is 0.389 e. The molecule has 1 aliphatic rings. The number of nitrogens with zero attached hydrogens (tertiary/aromatic N) is 1. The van der Waals surface area contributed by atoms with Gasteiger partial charge in [0.25, 0.3) is 0 Å². The van der Waals surface area contributed by atoms with Crippen molar-refractivity contribution < 1.29 is 9.90 Å². The molecule has 1 saturated carbocycles. The van der Waals surface area contributed by atoms with Crippen LogP contribution in [0, 0.1) is 13.8 Å². The molecule has 4 nitrogen and oxygen atoms in total. The number of hydrogen-bond acceptors (Lipinski definition) is 4. The van der Waals surface area contributed by atoms with Gasteiger partial charge < -0.3 is 10.4 Å². The lowest BCUT2D eigenvalue weighted by Gasteiger charge is -2.21. The zero-order valence-electron chi connectivity index (χ0n) is 11.7. The summed E-state index contributed by atoms with van der Waals surface area (Å²) in [5.74, 6) is -0.0386. The first kappa shape index (κ1) is 14.5. The number of carbonyl (C=O) groups is 1. The maximum absolute atomic E-state index is 11.8. The molecule has 2 N–H and O–H groups in total. The Morgan fingerprint density at radius 3 is 2.68 bits per heavy atom. The minimum atomic E-state index is -0.749. The molecule has 2 rings (SSSR count). The van der Waals surface area contributed by atoms with Crippen molar-refractivity contribution in [3.8, 4) is 0 Å². The molecular weight excluding hydrogens is 260 g/mol. The molecule has 1 aromatic rings. The second kappa shape index (κ2) is 6.01. The molecule has 0 atom stereocenters. The SMILES string of the molecule is Cc1nc(C)c(CCNC(=O)CC2(O)CCCC2)s1. The first-order chi connectivity index (χ1) is 8.98. The summed E-state index contributed by atoms with van der Waals surface area (Å²) in [6.07, 6.45) is 4.64. The number of hydrogen-bond donors (Lipinski definition) is 2. The van der Waals surface area contributed by atoms with E-state index in [1.54, 1.807) is 11.3 Å². The average molecular weight is 282 g/mol. The van der Waals surface area contributed by atoms with Gasteiger partial charge in [-0.25, -0.2) is 4.98 Å². The standard InChI is InChI=1S/C14H22N2O2S/c1-10-12(19-11(2)16-10)5-8-15-13(17)9-14(18)6-3-4-7-14/h18H,3-9H2,1-2H3,(H,15,17). The quantitative estimate of drug-likeness (QED) is 0.869. The number of aromatic nitrogens is 1. The van der Waals surface area contributed by atoms with Gasteiger partial charge in [0.15, 0.2) is 0 Å². The van der Waals surface area contributed by atoms with Crippen molar-refractivity contribution >= 4 is 17.2 Å². The molecule has 1 fully saturated rings. The lowest BCUT2D eigenvalue weighted by molar-refractivity contribution is -0.125. The molecule has 1 aromatic heterocycles. The third-order valence-corrected chi connectivity index (χ3v) is 4.83. The van der Waals surface area contributed by atoms with E-state index >= 15 is 0 Å². The van der Waals surface area contributed by atoms with E-state index in [1.165, 1.54) is 4.88 Å². The number of aryl methyl sites for hydroxylation is 2. The van der Waals surface area contributed by atoms with Gasteiger partial charge in [-0.2, -0.15) is 0 Å². The van der Waals surface area contributed by atoms with Crippen LogP contribution in [-0.4, -0.2) is 28.1 Å². The predicted molar refractivity (Wildman–Crippen MR) is 76.3 cm³/mol. The summed E-state index contributed by atoms with van der Waals surface area (Å²) in [7, 11) is 0. The van der Waals surface area contributed by atoms with Crippen LogP contribution >= 0.6 is 11.3 Å². The zero-order chi connectivity index (χ0) is 13.9. The minimum absolute atomic E-state index is 0.0386. The van der Waals surface area contributed by atoms with E-state index in [9.17, 15) is 9.90 Å². The third-order valence-electron chi connectivity index (χ3n) is 3.70. The normalized spacial score (nSPS) is 17.6. The van der Waals surface area contributed by atoms with Crippen molar-refractivity contribution in [2.45, 2.75) is 58.0 Å². The lowest BCUT2D eigenvalue weighted by Crippen LogP contribution is -2.35. The minimum Gasteiger partial charge on any atom is -0.389 e. The van der Waals surface area contributed by atoms with E-state index < -0.39 is 5.60 Å². The second-order valence-electron chi connectivity index (χ2n) is 5.45. The molecule has 19 heavy (non-hydrogen) atoms. The molecule has 0 aliphatic heterocycles. The Kier molecular flexibility index (Phi) is 4.58. The molecule has 0 spiro atoms. The van der Waals surface area contributed by atoms with Crippen LogP contribution < -0.4 is 5.32 Å². The van der Waals surface area contributed by atoms with Crippen LogP contribution in [0.5, 0.6) is 0 Å². The van der Waals surface area contributed by atoms with Gasteiger partial charge in [0.05, 0.1) is 22.7 Å². The Hall–Kier alpha value is -0.940. The van der Waals surface area contributed by atoms with Crippen molar-refractivity contribution in [2.24, 2.45) is 0 Å². The summed E-state index contributed by atoms with van der Waals surface area (Å²) >= 11 is 1.69. The van der Waals surface area contributed by atoms with Gasteiger partial charge in [-0.3, -0.25) is 4.79 Å². The molecule has 5 heteroatoms. The van der Waals surface area contributed by atoms with Crippen molar-refractivity contribution in [2.75, 3.05) is 6.54 Å². The van der Waals surface area contributed by atoms with Gasteiger partial charge in [-0.15, -0.1) is 11.3 Å². The molecule has 0 radical (unpaired) electrons. The smallest absolute Gasteiger partial charge is 0.222 e. The van der Waals surface area contributed by atoms with Gasteiger partial charge in [0.2, 0.25) is 5.91 Å². The summed E-state index contributed by atoms with van der Waals surface area (Å²) in [4.78, 5) is 17.4. The number of rotatable bonds is 5. The zero-order valence-corrected chi connectivity index (χ0v) is 12.5. The van der Waals surface area contributed by atoms with Crippen LogP contribution in [0.15, 0.2) is 0 Å². The monoisotopic (exact) mass is 282 g/mol. The number of thiazole rings is 1. The van der Waals surface area contributed by atoms with E-state index in [2.05, 4.69) is 10.3 Å². The van der Waals surface area contributed by atoms with Crippen LogP contribution in [0.3, 0.4) is 0 Å². The molecule has 0 bridgehead atoms. The van der Waals surface area contributed by atoms with Crippen LogP contribution in [0.25, 0.3) is 0 Å². The molecule has 1 heterocycles. The van der Waals surface area contributed by atoms with Crippen LogP contribution in [-0.2, 0) is 11.2 Å². The fraction of sp³-hybridized carbons (Fsp3) is 0.714. The van der Waals surface area contributed by atoms with Crippen LogP contribution in [0.4, 0.5) is 0 Å². The fourth-order valence-electron chi connectivity index (χ4n) is 2.69. The Morgan fingerprint density at radius 1 is 1.42 bits per heavy atom. The highest BCUT2D eigenvalue weighted by Gasteiger charge is 2.33. The van der Waals surface area contributed by atoms with Crippen LogP contribution in [0.2, 0.25) is 0 Å². The fourth-order valence-corrected chi connectivity index (χ4v) is 3.63. The molecule has 1 aliphatic carbocycles. The van der Waals surface area contributed by atoms with Gasteiger partial charge >= 0.3 is 0 Å². The van der Waals surface area contributed by atoms with E-state index in [-0.39, 0.29) is 12.3 Å². The van der Waals surface area contributed by atoms with Gasteiger partial charge in [-0.05, 0) is 26.7 Å². The highest BCUT2D eigenvalue weighted by Crippen LogP contribution is 2.32. The number of aliphatic hydroxyl groups is 1. The Labute approximate surface area is 118 Å². The first-order valence-corrected chi connectivity index (χ1v) is 7.72. The topological polar surface area (TPSA) is 62.2 Å². The van der Waals surface area contributed by atoms with Gasteiger partial charge in [0.1, 0.15) is 0 Å². The Balaban J connectivity index is 1.73. The number of carbonyl (C=O) groups excluding carboxylic acids is 1. The molecule has 1 amide bonds. The maximum atomic E-state index is 11.8. The van der Waals surface area contributed by atoms with E-state index in [0.29, 0.717) is 6.54 Å². The highest BCUT2D eigenvalue weighted by molar-refractivity contribution is 7.11. The molecule has 106 valence electrons.